The highest BCUT2D eigenvalue weighted by Gasteiger charge is 2.52. The maximum Gasteiger partial charge on any atom is 0.282 e. The van der Waals surface area contributed by atoms with E-state index in [4.69, 9.17) is 21.6 Å². The van der Waals surface area contributed by atoms with Gasteiger partial charge in [-0.15, -0.1) is 0 Å². The molecule has 0 aliphatic carbocycles. The van der Waals surface area contributed by atoms with Gasteiger partial charge in [0.15, 0.2) is 11.5 Å². The maximum absolute atomic E-state index is 16.8. The summed E-state index contributed by atoms with van der Waals surface area (Å²) in [4.78, 5) is 8.82. The Balaban J connectivity index is 1.19. The van der Waals surface area contributed by atoms with Crippen LogP contribution in [0.25, 0.3) is 0 Å². The van der Waals surface area contributed by atoms with Gasteiger partial charge in [-0.3, -0.25) is 19.2 Å². The van der Waals surface area contributed by atoms with E-state index in [-0.39, 0.29) is 30.3 Å². The second kappa shape index (κ2) is 14.8. The molecule has 7 nitrogen and oxygen atoms in total. The first kappa shape index (κ1) is 33.9. The van der Waals surface area contributed by atoms with Gasteiger partial charge < -0.3 is 19.2 Å². The quantitative estimate of drug-likeness (QED) is 0.152. The summed E-state index contributed by atoms with van der Waals surface area (Å²) in [6.07, 6.45) is 2.69. The molecule has 1 fully saturated rings. The summed E-state index contributed by atoms with van der Waals surface area (Å²) in [6.45, 7) is 6.49. The van der Waals surface area contributed by atoms with E-state index in [0.29, 0.717) is 24.1 Å². The Hall–Kier alpha value is -3.90. The summed E-state index contributed by atoms with van der Waals surface area (Å²) in [5.74, 6) is -2.75. The van der Waals surface area contributed by atoms with Gasteiger partial charge >= 0.3 is 0 Å². The normalized spacial score (nSPS) is 21.2. The lowest BCUT2D eigenvalue weighted by Gasteiger charge is -2.45. The summed E-state index contributed by atoms with van der Waals surface area (Å²) in [6, 6.07) is 26.0. The Bertz CT molecular complexity index is 1860. The summed E-state index contributed by atoms with van der Waals surface area (Å²) >= 11 is 0. The van der Waals surface area contributed by atoms with Crippen molar-refractivity contribution in [3.05, 3.63) is 108 Å². The van der Waals surface area contributed by atoms with E-state index in [0.717, 1.165) is 41.3 Å². The van der Waals surface area contributed by atoms with E-state index in [9.17, 15) is 4.39 Å². The first-order chi connectivity index (χ1) is 25.7. The number of likely N-dealkylation sites (tertiary alicyclic amines) is 1. The van der Waals surface area contributed by atoms with Gasteiger partial charge in [-0.25, -0.2) is 8.78 Å². The molecule has 3 aromatic carbocycles. The zero-order chi connectivity index (χ0) is 38.3. The smallest absolute Gasteiger partial charge is 0.282 e. The monoisotopic (exact) mass is 732 g/mol. The topological polar surface area (TPSA) is 59.1 Å². The van der Waals surface area contributed by atoms with Crippen LogP contribution in [0, 0.1) is 0 Å². The van der Waals surface area contributed by atoms with Crippen molar-refractivity contribution in [2.24, 2.45) is 0 Å². The molecule has 0 radical (unpaired) electrons. The van der Waals surface area contributed by atoms with Gasteiger partial charge in [0.05, 0.1) is 49.5 Å². The van der Waals surface area contributed by atoms with E-state index < -0.39 is 45.2 Å². The van der Waals surface area contributed by atoms with Crippen molar-refractivity contribution in [3.63, 3.8) is 0 Å². The van der Waals surface area contributed by atoms with Gasteiger partial charge in [-0.2, -0.15) is 0 Å². The number of nitrogens with one attached hydrogen (secondary N) is 1. The van der Waals surface area contributed by atoms with Crippen molar-refractivity contribution in [1.29, 1.82) is 0 Å². The Morgan fingerprint density at radius 1 is 0.962 bits per heavy atom. The lowest BCUT2D eigenvalue weighted by Crippen LogP contribution is -2.67. The van der Waals surface area contributed by atoms with Gasteiger partial charge in [0.2, 0.25) is 6.75 Å². The fraction of sp³-hybridized carbons (Fsp3) is 0.439. The lowest BCUT2D eigenvalue weighted by molar-refractivity contribution is -0.0821. The molecule has 276 valence electrons. The molecule has 7 rings (SSSR count). The number of pyridine rings is 1. The number of halogens is 3. The van der Waals surface area contributed by atoms with Crippen LogP contribution >= 0.6 is 0 Å². The van der Waals surface area contributed by atoms with Crippen LogP contribution in [0.15, 0.2) is 91.1 Å². The van der Waals surface area contributed by atoms with Crippen LogP contribution in [0.1, 0.15) is 59.7 Å². The van der Waals surface area contributed by atoms with Crippen molar-refractivity contribution >= 4 is 24.4 Å². The van der Waals surface area contributed by atoms with E-state index >= 15 is 8.78 Å². The third kappa shape index (κ3) is 7.33. The zero-order valence-corrected chi connectivity index (χ0v) is 31.2. The summed E-state index contributed by atoms with van der Waals surface area (Å²) in [5.41, 5.74) is 2.97. The number of aromatic nitrogens is 1. The second-order valence-electron chi connectivity index (χ2n) is 15.3. The van der Waals surface area contributed by atoms with Crippen molar-refractivity contribution in [1.82, 2.24) is 14.8 Å². The molecule has 4 aromatic rings. The van der Waals surface area contributed by atoms with E-state index in [1.54, 1.807) is 23.2 Å². The first-order valence-electron chi connectivity index (χ1n) is 19.1. The van der Waals surface area contributed by atoms with E-state index in [1.807, 2.05) is 79.7 Å². The third-order valence-electron chi connectivity index (χ3n) is 10.5. The molecular formula is C41H49F3N4O3Si. The minimum Gasteiger partial charge on any atom is -0.454 e. The zero-order valence-electron chi connectivity index (χ0n) is 32.2. The number of ether oxygens (including phenoxy) is 2. The highest BCUT2D eigenvalue weighted by molar-refractivity contribution is 6.99. The third-order valence-corrected chi connectivity index (χ3v) is 15.5. The van der Waals surface area contributed by atoms with Crippen LogP contribution in [-0.2, 0) is 10.8 Å². The molecule has 3 aliphatic heterocycles. The second-order valence-corrected chi connectivity index (χ2v) is 19.6. The highest BCUT2D eigenvalue weighted by Crippen LogP contribution is 2.45. The van der Waals surface area contributed by atoms with Crippen LogP contribution in [0.5, 0.6) is 11.5 Å². The molecule has 0 amide bonds. The molecule has 0 bridgehead atoms. The van der Waals surface area contributed by atoms with Crippen molar-refractivity contribution in [3.8, 4) is 11.5 Å². The average Bonchev–Trinajstić information content (AvgIpc) is 3.42. The molecule has 3 aliphatic rings. The average molecular weight is 733 g/mol. The van der Waals surface area contributed by atoms with Crippen LogP contribution < -0.4 is 25.2 Å². The number of nitrogens with zero attached hydrogens (tertiary/aromatic N) is 3. The molecule has 52 heavy (non-hydrogen) atoms. The predicted molar refractivity (Wildman–Crippen MR) is 201 cm³/mol. The summed E-state index contributed by atoms with van der Waals surface area (Å²) in [5, 5.41) is 4.88. The van der Waals surface area contributed by atoms with Crippen LogP contribution in [0.3, 0.4) is 0 Å². The van der Waals surface area contributed by atoms with Gasteiger partial charge in [-0.1, -0.05) is 81.4 Å². The van der Waals surface area contributed by atoms with E-state index in [2.05, 4.69) is 31.0 Å². The molecule has 4 heterocycles. The van der Waals surface area contributed by atoms with Gasteiger partial charge in [-0.05, 0) is 70.6 Å². The molecular weight excluding hydrogens is 682 g/mol. The molecule has 2 atom stereocenters. The molecule has 0 spiro atoms. The number of fused-ring (bicyclic) bond motifs is 2. The van der Waals surface area contributed by atoms with Crippen molar-refractivity contribution < 1.29 is 29.8 Å². The first-order valence-corrected chi connectivity index (χ1v) is 20.0. The largest absolute Gasteiger partial charge is 0.454 e. The molecule has 11 heteroatoms. The number of benzene rings is 3. The number of rotatable bonds is 13. The predicted octanol–water partition coefficient (Wildman–Crippen LogP) is 6.81. The Morgan fingerprint density at radius 2 is 1.62 bits per heavy atom. The fourth-order valence-electron chi connectivity index (χ4n) is 8.07. The highest BCUT2D eigenvalue weighted by atomic mass is 28.4. The van der Waals surface area contributed by atoms with Crippen LogP contribution in [0.2, 0.25) is 5.04 Å². The minimum atomic E-state index is -3.26. The van der Waals surface area contributed by atoms with Crippen molar-refractivity contribution in [2.75, 3.05) is 51.5 Å². The lowest BCUT2D eigenvalue weighted by atomic mass is 9.86. The SMILES string of the molecule is [2H]C1([2H])Oc2cc3c(cc2O1)[C@@H](c1ccc(NC2CN(CCCF)C2)cn1)N(CC(F)(F)CO[Si](c1ccccc1)(c1ccccc1)C(C)(C)C)[C@H](C)C3. The van der Waals surface area contributed by atoms with Crippen molar-refractivity contribution in [2.45, 2.75) is 69.6 Å². The standard InChI is InChI=1S/C41H49F3N4O3Si/c1-29-20-30-21-37-38(50-28-49-37)22-35(30)39(36-17-16-31(23-45-36)46-32-24-47(25-32)19-11-18-42)48(29)26-41(43,44)27-51-52(40(2,3)4,33-12-7-5-8-13-33)34-14-9-6-10-15-34/h5-10,12-17,21-23,29,32,39,46H,11,18-20,24-28H2,1-4H3/t29-,39+/m1/s1/i28D2. The molecule has 0 unspecified atom stereocenters. The molecule has 1 N–H and O–H groups in total. The number of anilines is 1. The maximum atomic E-state index is 16.8. The van der Waals surface area contributed by atoms with Gasteiger partial charge in [0.1, 0.15) is 2.74 Å². The number of hydrogen-bond donors (Lipinski definition) is 1. The molecule has 1 saturated heterocycles. The molecule has 0 saturated carbocycles. The fourth-order valence-corrected chi connectivity index (χ4v) is 12.7. The van der Waals surface area contributed by atoms with Crippen LogP contribution in [0.4, 0.5) is 18.9 Å². The van der Waals surface area contributed by atoms with Gasteiger partial charge in [0, 0.05) is 25.7 Å². The number of alkyl halides is 3. The Kier molecular flexibility index (Phi) is 9.68. The van der Waals surface area contributed by atoms with Gasteiger partial charge in [0.25, 0.3) is 14.2 Å². The number of hydrogen-bond acceptors (Lipinski definition) is 7. The summed E-state index contributed by atoms with van der Waals surface area (Å²) < 4.78 is 79.9. The minimum absolute atomic E-state index is 0.216. The van der Waals surface area contributed by atoms with E-state index in [1.165, 1.54) is 0 Å². The molecule has 1 aromatic heterocycles. The Labute approximate surface area is 309 Å². The summed E-state index contributed by atoms with van der Waals surface area (Å²) in [7, 11) is -3.24. The van der Waals surface area contributed by atoms with Crippen LogP contribution in [-0.4, -0.2) is 87.3 Å². The Morgan fingerprint density at radius 3 is 2.21 bits per heavy atom.